The van der Waals surface area contributed by atoms with Crippen molar-refractivity contribution in [3.63, 3.8) is 0 Å². The molecule has 0 bridgehead atoms. The third kappa shape index (κ3) is 6.14. The fraction of sp³-hybridized carbons (Fsp3) is 0.389. The van der Waals surface area contributed by atoms with Crippen LogP contribution in [0, 0.1) is 0 Å². The van der Waals surface area contributed by atoms with E-state index in [1.165, 1.54) is 34.7 Å². The molecule has 0 fully saturated rings. The van der Waals surface area contributed by atoms with E-state index in [4.69, 9.17) is 5.73 Å². The molecule has 1 aliphatic heterocycles. The summed E-state index contributed by atoms with van der Waals surface area (Å²) in [5, 5.41) is 5.21. The predicted molar refractivity (Wildman–Crippen MR) is 99.8 cm³/mol. The fourth-order valence-electron chi connectivity index (χ4n) is 2.87. The van der Waals surface area contributed by atoms with Crippen LogP contribution < -0.4 is 15.8 Å². The number of hydrogen-bond acceptors (Lipinski definition) is 4. The molecule has 2 heterocycles. The third-order valence-corrected chi connectivity index (χ3v) is 5.23. The van der Waals surface area contributed by atoms with Crippen molar-refractivity contribution in [2.24, 2.45) is 10.7 Å². The van der Waals surface area contributed by atoms with Crippen molar-refractivity contribution in [2.45, 2.75) is 25.9 Å². The van der Waals surface area contributed by atoms with Gasteiger partial charge in [-0.25, -0.2) is 4.99 Å². The molecule has 0 atom stereocenters. The van der Waals surface area contributed by atoms with Crippen LogP contribution in [0.2, 0.25) is 0 Å². The number of hydrogen-bond donors (Lipinski definition) is 2. The molecule has 0 saturated heterocycles. The predicted octanol–water partition coefficient (Wildman–Crippen LogP) is 3.11. The summed E-state index contributed by atoms with van der Waals surface area (Å²) in [6.07, 6.45) is -3.60. The Morgan fingerprint density at radius 3 is 2.78 bits per heavy atom. The van der Waals surface area contributed by atoms with Crippen LogP contribution in [-0.4, -0.2) is 36.9 Å². The summed E-state index contributed by atoms with van der Waals surface area (Å²) in [7, 11) is 0. The number of benzene rings is 1. The number of nitrogens with one attached hydrogen (secondary N) is 1. The van der Waals surface area contributed by atoms with E-state index in [0.29, 0.717) is 12.5 Å². The van der Waals surface area contributed by atoms with Gasteiger partial charge in [-0.2, -0.15) is 0 Å². The van der Waals surface area contributed by atoms with E-state index in [-0.39, 0.29) is 12.3 Å². The van der Waals surface area contributed by atoms with Gasteiger partial charge in [-0.15, -0.1) is 24.5 Å². The maximum atomic E-state index is 12.1. The van der Waals surface area contributed by atoms with Crippen LogP contribution in [0.4, 0.5) is 13.2 Å². The number of halogens is 3. The van der Waals surface area contributed by atoms with E-state index in [0.717, 1.165) is 31.6 Å². The molecule has 0 aliphatic carbocycles. The van der Waals surface area contributed by atoms with Gasteiger partial charge in [-0.1, -0.05) is 12.1 Å². The van der Waals surface area contributed by atoms with Crippen molar-refractivity contribution < 1.29 is 17.9 Å². The Morgan fingerprint density at radius 1 is 1.26 bits per heavy atom. The third-order valence-electron chi connectivity index (χ3n) is 4.21. The van der Waals surface area contributed by atoms with Crippen molar-refractivity contribution >= 4 is 17.3 Å². The monoisotopic (exact) mass is 398 g/mol. The van der Waals surface area contributed by atoms with Crippen LogP contribution in [0.3, 0.4) is 0 Å². The van der Waals surface area contributed by atoms with Crippen LogP contribution in [0.25, 0.3) is 0 Å². The minimum absolute atomic E-state index is 0.253. The average Bonchev–Trinajstić information content (AvgIpc) is 3.07. The van der Waals surface area contributed by atoms with Gasteiger partial charge in [0.2, 0.25) is 0 Å². The van der Waals surface area contributed by atoms with E-state index in [1.807, 2.05) is 11.3 Å². The Kier molecular flexibility index (Phi) is 6.22. The molecule has 0 unspecified atom stereocenters. The van der Waals surface area contributed by atoms with Gasteiger partial charge in [-0.05, 0) is 41.1 Å². The highest BCUT2D eigenvalue weighted by molar-refractivity contribution is 7.10. The summed E-state index contributed by atoms with van der Waals surface area (Å²) < 4.78 is 40.2. The molecule has 1 aromatic heterocycles. The van der Waals surface area contributed by atoms with E-state index >= 15 is 0 Å². The Morgan fingerprint density at radius 2 is 2.04 bits per heavy atom. The molecule has 5 nitrogen and oxygen atoms in total. The number of rotatable bonds is 6. The summed E-state index contributed by atoms with van der Waals surface area (Å²) in [5.41, 5.74) is 8.01. The zero-order valence-corrected chi connectivity index (χ0v) is 15.4. The van der Waals surface area contributed by atoms with Crippen LogP contribution >= 0.6 is 11.3 Å². The molecule has 0 spiro atoms. The van der Waals surface area contributed by atoms with Gasteiger partial charge in [-0.3, -0.25) is 4.90 Å². The SMILES string of the molecule is NC(=NCc1ccc(OC(F)(F)F)cc1)NCCN1CCc2sccc2C1. The lowest BCUT2D eigenvalue weighted by atomic mass is 10.1. The fourth-order valence-corrected chi connectivity index (χ4v) is 3.76. The molecule has 9 heteroatoms. The van der Waals surface area contributed by atoms with Crippen molar-refractivity contribution in [1.82, 2.24) is 10.2 Å². The Labute approximate surface area is 159 Å². The second-order valence-corrected chi connectivity index (χ2v) is 7.22. The summed E-state index contributed by atoms with van der Waals surface area (Å²) in [5.74, 6) is 0.0653. The molecule has 3 N–H and O–H groups in total. The van der Waals surface area contributed by atoms with Crippen LogP contribution in [0.15, 0.2) is 40.7 Å². The molecule has 146 valence electrons. The zero-order chi connectivity index (χ0) is 19.3. The van der Waals surface area contributed by atoms with Gasteiger partial charge in [0.15, 0.2) is 5.96 Å². The summed E-state index contributed by atoms with van der Waals surface area (Å²) in [6.45, 7) is 3.84. The highest BCUT2D eigenvalue weighted by atomic mass is 32.1. The molecule has 1 aromatic carbocycles. The van der Waals surface area contributed by atoms with E-state index in [9.17, 15) is 13.2 Å². The number of nitrogens with zero attached hydrogens (tertiary/aromatic N) is 2. The number of thiophene rings is 1. The van der Waals surface area contributed by atoms with Crippen LogP contribution in [-0.2, 0) is 19.5 Å². The Bertz CT molecular complexity index is 774. The molecule has 0 radical (unpaired) electrons. The number of guanidine groups is 1. The van der Waals surface area contributed by atoms with E-state index in [2.05, 4.69) is 31.4 Å². The number of aliphatic imine (C=N–C) groups is 1. The first-order valence-corrected chi connectivity index (χ1v) is 9.43. The van der Waals surface area contributed by atoms with Crippen LogP contribution in [0.5, 0.6) is 5.75 Å². The molecule has 1 aliphatic rings. The maximum absolute atomic E-state index is 12.1. The second-order valence-electron chi connectivity index (χ2n) is 6.22. The van der Waals surface area contributed by atoms with E-state index < -0.39 is 6.36 Å². The maximum Gasteiger partial charge on any atom is 0.573 e. The average molecular weight is 398 g/mol. The van der Waals surface area contributed by atoms with Crippen molar-refractivity contribution in [3.05, 3.63) is 51.7 Å². The van der Waals surface area contributed by atoms with Gasteiger partial charge in [0, 0.05) is 31.1 Å². The van der Waals surface area contributed by atoms with Gasteiger partial charge in [0.05, 0.1) is 6.54 Å². The second kappa shape index (κ2) is 8.62. The first-order valence-electron chi connectivity index (χ1n) is 8.55. The lowest BCUT2D eigenvalue weighted by Gasteiger charge is -2.26. The molecule has 0 amide bonds. The number of nitrogens with two attached hydrogens (primary N) is 1. The Hall–Kier alpha value is -2.26. The zero-order valence-electron chi connectivity index (χ0n) is 14.6. The first kappa shape index (κ1) is 19.5. The molecular formula is C18H21F3N4OS. The highest BCUT2D eigenvalue weighted by Crippen LogP contribution is 2.24. The Balaban J connectivity index is 1.39. The van der Waals surface area contributed by atoms with Gasteiger partial charge in [0.1, 0.15) is 5.75 Å². The molecule has 2 aromatic rings. The molecular weight excluding hydrogens is 377 g/mol. The minimum Gasteiger partial charge on any atom is -0.406 e. The standard InChI is InChI=1S/C18H21F3N4OS/c19-18(20,21)26-15-3-1-13(2-4-15)11-24-17(22)23-7-9-25-8-5-16-14(12-25)6-10-27-16/h1-4,6,10H,5,7-9,11-12H2,(H3,22,23,24). The van der Waals surface area contributed by atoms with Crippen molar-refractivity contribution in [2.75, 3.05) is 19.6 Å². The lowest BCUT2D eigenvalue weighted by molar-refractivity contribution is -0.274. The smallest absolute Gasteiger partial charge is 0.406 e. The van der Waals surface area contributed by atoms with E-state index in [1.54, 1.807) is 0 Å². The summed E-state index contributed by atoms with van der Waals surface area (Å²) in [6, 6.07) is 7.77. The summed E-state index contributed by atoms with van der Waals surface area (Å²) >= 11 is 1.82. The molecule has 27 heavy (non-hydrogen) atoms. The van der Waals surface area contributed by atoms with Gasteiger partial charge >= 0.3 is 6.36 Å². The van der Waals surface area contributed by atoms with Crippen LogP contribution in [0.1, 0.15) is 16.0 Å². The highest BCUT2D eigenvalue weighted by Gasteiger charge is 2.30. The molecule has 0 saturated carbocycles. The minimum atomic E-state index is -4.69. The first-order chi connectivity index (χ1) is 12.9. The normalized spacial score (nSPS) is 15.4. The topological polar surface area (TPSA) is 62.9 Å². The lowest BCUT2D eigenvalue weighted by Crippen LogP contribution is -2.40. The van der Waals surface area contributed by atoms with Crippen molar-refractivity contribution in [3.8, 4) is 5.75 Å². The number of fused-ring (bicyclic) bond motifs is 1. The number of alkyl halides is 3. The summed E-state index contributed by atoms with van der Waals surface area (Å²) in [4.78, 5) is 8.06. The van der Waals surface area contributed by atoms with Gasteiger partial charge in [0.25, 0.3) is 0 Å². The van der Waals surface area contributed by atoms with Crippen molar-refractivity contribution in [1.29, 1.82) is 0 Å². The largest absolute Gasteiger partial charge is 0.573 e. The quantitative estimate of drug-likeness (QED) is 0.580. The number of ether oxygens (including phenoxy) is 1. The molecule has 3 rings (SSSR count). The van der Waals surface area contributed by atoms with Gasteiger partial charge < -0.3 is 15.8 Å².